The Morgan fingerprint density at radius 2 is 2.58 bits per heavy atom. The molecule has 1 unspecified atom stereocenters. The van der Waals surface area contributed by atoms with E-state index in [0.29, 0.717) is 0 Å². The SMILES string of the molecule is C=CC(CO)C(=O)n1ccnc1. The number of aliphatic hydroxyl groups excluding tert-OH is 1. The van der Waals surface area contributed by atoms with Crippen molar-refractivity contribution in [2.45, 2.75) is 0 Å². The fourth-order valence-corrected chi connectivity index (χ4v) is 0.834. The number of aromatic nitrogens is 2. The molecule has 4 nitrogen and oxygen atoms in total. The third kappa shape index (κ3) is 1.60. The maximum absolute atomic E-state index is 11.4. The van der Waals surface area contributed by atoms with Crippen LogP contribution in [0.4, 0.5) is 0 Å². The first-order valence-corrected chi connectivity index (χ1v) is 3.55. The predicted octanol–water partition coefficient (Wildman–Crippen LogP) is 0.318. The van der Waals surface area contributed by atoms with Gasteiger partial charge in [0.2, 0.25) is 5.91 Å². The first-order chi connectivity index (χ1) is 5.79. The number of nitrogens with zero attached hydrogens (tertiary/aromatic N) is 2. The van der Waals surface area contributed by atoms with Gasteiger partial charge in [-0.25, -0.2) is 4.98 Å². The zero-order valence-electron chi connectivity index (χ0n) is 6.55. The highest BCUT2D eigenvalue weighted by atomic mass is 16.3. The van der Waals surface area contributed by atoms with Crippen LogP contribution in [0.15, 0.2) is 31.4 Å². The summed E-state index contributed by atoms with van der Waals surface area (Å²) in [6.45, 7) is 3.23. The van der Waals surface area contributed by atoms with Crippen LogP contribution in [0.5, 0.6) is 0 Å². The molecule has 12 heavy (non-hydrogen) atoms. The molecule has 0 aliphatic carbocycles. The molecule has 0 aliphatic heterocycles. The molecule has 0 aliphatic rings. The van der Waals surface area contributed by atoms with Gasteiger partial charge >= 0.3 is 0 Å². The van der Waals surface area contributed by atoms with E-state index in [9.17, 15) is 4.79 Å². The molecule has 0 amide bonds. The molecule has 1 aromatic heterocycles. The zero-order valence-corrected chi connectivity index (χ0v) is 6.55. The maximum Gasteiger partial charge on any atom is 0.241 e. The second-order valence-electron chi connectivity index (χ2n) is 2.33. The summed E-state index contributed by atoms with van der Waals surface area (Å²) in [6.07, 6.45) is 5.86. The van der Waals surface area contributed by atoms with E-state index in [4.69, 9.17) is 5.11 Å². The lowest BCUT2D eigenvalue weighted by Gasteiger charge is -2.06. The van der Waals surface area contributed by atoms with Crippen LogP contribution in [-0.4, -0.2) is 27.2 Å². The van der Waals surface area contributed by atoms with Gasteiger partial charge in [-0.15, -0.1) is 6.58 Å². The summed E-state index contributed by atoms with van der Waals surface area (Å²) in [5.74, 6) is -0.760. The minimum atomic E-state index is -0.542. The monoisotopic (exact) mass is 166 g/mol. The molecule has 1 atom stereocenters. The third-order valence-electron chi connectivity index (χ3n) is 1.56. The molecule has 0 saturated heterocycles. The van der Waals surface area contributed by atoms with Gasteiger partial charge in [-0.2, -0.15) is 0 Å². The molecular weight excluding hydrogens is 156 g/mol. The molecule has 1 aromatic rings. The molecule has 0 radical (unpaired) electrons. The third-order valence-corrected chi connectivity index (χ3v) is 1.56. The number of hydrogen-bond donors (Lipinski definition) is 1. The van der Waals surface area contributed by atoms with Crippen LogP contribution in [0.2, 0.25) is 0 Å². The van der Waals surface area contributed by atoms with E-state index in [1.54, 1.807) is 0 Å². The van der Waals surface area contributed by atoms with Crippen molar-refractivity contribution < 1.29 is 9.90 Å². The molecule has 64 valence electrons. The molecule has 0 bridgehead atoms. The molecule has 0 saturated carbocycles. The maximum atomic E-state index is 11.4. The molecule has 1 heterocycles. The van der Waals surface area contributed by atoms with Gasteiger partial charge < -0.3 is 5.11 Å². The highest BCUT2D eigenvalue weighted by Crippen LogP contribution is 2.01. The lowest BCUT2D eigenvalue weighted by Crippen LogP contribution is -2.21. The van der Waals surface area contributed by atoms with Crippen LogP contribution in [0, 0.1) is 5.92 Å². The Hall–Kier alpha value is -1.42. The van der Waals surface area contributed by atoms with Gasteiger partial charge in [-0.05, 0) is 0 Å². The second kappa shape index (κ2) is 3.82. The molecule has 1 N–H and O–H groups in total. The summed E-state index contributed by atoms with van der Waals surface area (Å²) < 4.78 is 1.32. The Morgan fingerprint density at radius 1 is 1.83 bits per heavy atom. The number of imidazole rings is 1. The van der Waals surface area contributed by atoms with Gasteiger partial charge in [0.25, 0.3) is 0 Å². The summed E-state index contributed by atoms with van der Waals surface area (Å²) in [4.78, 5) is 15.1. The minimum absolute atomic E-state index is 0.218. The van der Waals surface area contributed by atoms with Crippen LogP contribution >= 0.6 is 0 Å². The molecule has 0 spiro atoms. The predicted molar refractivity (Wildman–Crippen MR) is 43.6 cm³/mol. The van der Waals surface area contributed by atoms with Crippen LogP contribution in [0.1, 0.15) is 4.79 Å². The lowest BCUT2D eigenvalue weighted by molar-refractivity contribution is 0.0815. The van der Waals surface area contributed by atoms with E-state index >= 15 is 0 Å². The van der Waals surface area contributed by atoms with Gasteiger partial charge in [-0.3, -0.25) is 9.36 Å². The molecule has 1 rings (SSSR count). The smallest absolute Gasteiger partial charge is 0.241 e. The van der Waals surface area contributed by atoms with Crippen LogP contribution < -0.4 is 0 Å². The number of aliphatic hydroxyl groups is 1. The van der Waals surface area contributed by atoms with Crippen molar-refractivity contribution in [1.29, 1.82) is 0 Å². The Balaban J connectivity index is 2.77. The van der Waals surface area contributed by atoms with Crippen molar-refractivity contribution in [2.75, 3.05) is 6.61 Å². The molecule has 4 heteroatoms. The van der Waals surface area contributed by atoms with Crippen molar-refractivity contribution >= 4 is 5.91 Å². The van der Waals surface area contributed by atoms with Crippen molar-refractivity contribution in [2.24, 2.45) is 5.92 Å². The van der Waals surface area contributed by atoms with Crippen molar-refractivity contribution in [3.05, 3.63) is 31.4 Å². The van der Waals surface area contributed by atoms with Gasteiger partial charge in [0.15, 0.2) is 0 Å². The molecular formula is C8H10N2O2. The minimum Gasteiger partial charge on any atom is -0.395 e. The van der Waals surface area contributed by atoms with E-state index in [1.807, 2.05) is 0 Å². The zero-order chi connectivity index (χ0) is 8.97. The highest BCUT2D eigenvalue weighted by molar-refractivity contribution is 5.82. The number of rotatable bonds is 3. The first-order valence-electron chi connectivity index (χ1n) is 3.55. The fourth-order valence-electron chi connectivity index (χ4n) is 0.834. The lowest BCUT2D eigenvalue weighted by atomic mass is 10.1. The van der Waals surface area contributed by atoms with Gasteiger partial charge in [0.1, 0.15) is 6.33 Å². The molecule has 0 fully saturated rings. The number of hydrogen-bond acceptors (Lipinski definition) is 3. The summed E-state index contributed by atoms with van der Waals surface area (Å²) >= 11 is 0. The Labute approximate surface area is 70.2 Å². The normalized spacial score (nSPS) is 12.4. The van der Waals surface area contributed by atoms with Crippen molar-refractivity contribution in [3.63, 3.8) is 0 Å². The van der Waals surface area contributed by atoms with Gasteiger partial charge in [0, 0.05) is 12.4 Å². The van der Waals surface area contributed by atoms with Crippen LogP contribution in [0.25, 0.3) is 0 Å². The van der Waals surface area contributed by atoms with Crippen LogP contribution in [-0.2, 0) is 0 Å². The Morgan fingerprint density at radius 3 is 3.00 bits per heavy atom. The second-order valence-corrected chi connectivity index (χ2v) is 2.33. The number of carbonyl (C=O) groups excluding carboxylic acids is 1. The van der Waals surface area contributed by atoms with E-state index in [0.717, 1.165) is 0 Å². The topological polar surface area (TPSA) is 55.1 Å². The van der Waals surface area contributed by atoms with Gasteiger partial charge in [0.05, 0.1) is 12.5 Å². The average molecular weight is 166 g/mol. The summed E-state index contributed by atoms with van der Waals surface area (Å²) in [7, 11) is 0. The van der Waals surface area contributed by atoms with E-state index in [2.05, 4.69) is 11.6 Å². The molecule has 0 aromatic carbocycles. The van der Waals surface area contributed by atoms with E-state index in [1.165, 1.54) is 29.4 Å². The van der Waals surface area contributed by atoms with E-state index in [-0.39, 0.29) is 12.5 Å². The summed E-state index contributed by atoms with van der Waals surface area (Å²) in [6, 6.07) is 0. The summed E-state index contributed by atoms with van der Waals surface area (Å²) in [5, 5.41) is 8.77. The van der Waals surface area contributed by atoms with Crippen LogP contribution in [0.3, 0.4) is 0 Å². The first kappa shape index (κ1) is 8.67. The summed E-state index contributed by atoms with van der Waals surface area (Å²) in [5.41, 5.74) is 0. The van der Waals surface area contributed by atoms with Gasteiger partial charge in [-0.1, -0.05) is 6.08 Å². The van der Waals surface area contributed by atoms with Crippen molar-refractivity contribution in [3.8, 4) is 0 Å². The Kier molecular flexibility index (Phi) is 2.76. The average Bonchev–Trinajstić information content (AvgIpc) is 2.58. The number of carbonyl (C=O) groups is 1. The van der Waals surface area contributed by atoms with Crippen molar-refractivity contribution in [1.82, 2.24) is 9.55 Å². The van der Waals surface area contributed by atoms with E-state index < -0.39 is 5.92 Å². The highest BCUT2D eigenvalue weighted by Gasteiger charge is 2.14. The quantitative estimate of drug-likeness (QED) is 0.658. The standard InChI is InChI=1S/C8H10N2O2/c1-2-7(5-11)8(12)10-4-3-9-6-10/h2-4,6-7,11H,1,5H2. The Bertz CT molecular complexity index is 267. The fraction of sp³-hybridized carbons (Fsp3) is 0.250. The largest absolute Gasteiger partial charge is 0.395 e.